The Balaban J connectivity index is 1.49. The molecule has 0 amide bonds. The average Bonchev–Trinajstić information content (AvgIpc) is 3.07. The summed E-state index contributed by atoms with van der Waals surface area (Å²) in [5.74, 6) is 0.581. The summed E-state index contributed by atoms with van der Waals surface area (Å²) < 4.78 is 0. The van der Waals surface area contributed by atoms with Crippen LogP contribution in [0.1, 0.15) is 107 Å². The highest BCUT2D eigenvalue weighted by Gasteiger charge is 2.44. The summed E-state index contributed by atoms with van der Waals surface area (Å²) in [7, 11) is 0. The van der Waals surface area contributed by atoms with Gasteiger partial charge in [0, 0.05) is 34.1 Å². The van der Waals surface area contributed by atoms with Crippen LogP contribution in [0.3, 0.4) is 0 Å². The average molecular weight is 643 g/mol. The van der Waals surface area contributed by atoms with Crippen LogP contribution in [0.5, 0.6) is 0 Å². The molecule has 0 spiro atoms. The largest absolute Gasteiger partial charge is 0.311 e. The SMILES string of the molecule is Cc1cccc(N2c3ccccc3B3c4ccc(C)cc4N(c4cc(C(C)(C)C)cc(C(C)(C)C)c4)c4cc(C5CCCCC5)cc2c43)c1. The van der Waals surface area contributed by atoms with Crippen molar-refractivity contribution in [1.29, 1.82) is 0 Å². The normalized spacial score (nSPS) is 16.0. The molecule has 3 heteroatoms. The lowest BCUT2D eigenvalue weighted by Crippen LogP contribution is -2.61. The standard InChI is InChI=1S/C46H51BN2/c1-30-15-14-18-36(23-30)48-40-20-13-12-19-38(40)47-39-22-21-31(2)24-41(39)49(37-28-34(45(3,4)5)27-35(29-37)46(6,7)8)43-26-33(25-42(48)44(43)47)32-16-10-9-11-17-32/h12-15,18-29,32H,9-11,16-17H2,1-8H3. The Morgan fingerprint density at radius 3 is 1.80 bits per heavy atom. The number of rotatable bonds is 3. The molecule has 0 N–H and O–H groups in total. The lowest BCUT2D eigenvalue weighted by molar-refractivity contribution is 0.444. The lowest BCUT2D eigenvalue weighted by Gasteiger charge is -2.45. The van der Waals surface area contributed by atoms with Crippen LogP contribution < -0.4 is 26.2 Å². The molecule has 0 atom stereocenters. The van der Waals surface area contributed by atoms with Crippen molar-refractivity contribution in [2.75, 3.05) is 9.80 Å². The molecular formula is C46H51BN2. The van der Waals surface area contributed by atoms with Gasteiger partial charge in [-0.3, -0.25) is 0 Å². The summed E-state index contributed by atoms with van der Waals surface area (Å²) in [6.45, 7) is 18.7. The second-order valence-corrected chi connectivity index (χ2v) is 17.1. The highest BCUT2D eigenvalue weighted by molar-refractivity contribution is 7.00. The molecule has 0 radical (unpaired) electrons. The molecule has 0 saturated heterocycles. The molecule has 0 bridgehead atoms. The van der Waals surface area contributed by atoms with E-state index in [4.69, 9.17) is 0 Å². The third-order valence-corrected chi connectivity index (χ3v) is 11.4. The zero-order valence-corrected chi connectivity index (χ0v) is 30.8. The van der Waals surface area contributed by atoms with E-state index >= 15 is 0 Å². The highest BCUT2D eigenvalue weighted by Crippen LogP contribution is 2.48. The Labute approximate surface area is 295 Å². The molecule has 2 nitrogen and oxygen atoms in total. The van der Waals surface area contributed by atoms with Crippen LogP contribution in [0.2, 0.25) is 0 Å². The van der Waals surface area contributed by atoms with Gasteiger partial charge in [0.2, 0.25) is 0 Å². The van der Waals surface area contributed by atoms with Crippen LogP contribution in [0.15, 0.2) is 97.1 Å². The summed E-state index contributed by atoms with van der Waals surface area (Å²) in [5.41, 5.74) is 18.9. The van der Waals surface area contributed by atoms with Crippen molar-refractivity contribution in [2.24, 2.45) is 0 Å². The molecule has 5 aromatic rings. The minimum atomic E-state index is 0.0219. The number of para-hydroxylation sites is 1. The molecule has 2 heterocycles. The maximum atomic E-state index is 2.65. The second kappa shape index (κ2) is 11.7. The fourth-order valence-electron chi connectivity index (χ4n) is 8.68. The van der Waals surface area contributed by atoms with Gasteiger partial charge < -0.3 is 9.80 Å². The first kappa shape index (κ1) is 32.0. The predicted molar refractivity (Wildman–Crippen MR) is 213 cm³/mol. The van der Waals surface area contributed by atoms with Crippen molar-refractivity contribution in [2.45, 2.75) is 104 Å². The van der Waals surface area contributed by atoms with Gasteiger partial charge in [0.05, 0.1) is 0 Å². The summed E-state index contributed by atoms with van der Waals surface area (Å²) in [4.78, 5) is 5.23. The number of fused-ring (bicyclic) bond motifs is 4. The second-order valence-electron chi connectivity index (χ2n) is 17.1. The smallest absolute Gasteiger partial charge is 0.252 e. The first-order valence-corrected chi connectivity index (χ1v) is 18.6. The van der Waals surface area contributed by atoms with Gasteiger partial charge >= 0.3 is 0 Å². The minimum Gasteiger partial charge on any atom is -0.311 e. The number of benzene rings is 5. The van der Waals surface area contributed by atoms with Crippen molar-refractivity contribution in [3.63, 3.8) is 0 Å². The minimum absolute atomic E-state index is 0.0219. The third-order valence-electron chi connectivity index (χ3n) is 11.4. The van der Waals surface area contributed by atoms with Crippen molar-refractivity contribution in [3.8, 4) is 0 Å². The van der Waals surface area contributed by atoms with Crippen LogP contribution in [0.4, 0.5) is 34.1 Å². The van der Waals surface area contributed by atoms with Crippen LogP contribution >= 0.6 is 0 Å². The summed E-state index contributed by atoms with van der Waals surface area (Å²) in [6.07, 6.45) is 6.53. The van der Waals surface area contributed by atoms with E-state index in [0.29, 0.717) is 5.92 Å². The molecule has 8 rings (SSSR count). The topological polar surface area (TPSA) is 6.48 Å². The first-order valence-electron chi connectivity index (χ1n) is 18.6. The van der Waals surface area contributed by atoms with Crippen LogP contribution in [0.25, 0.3) is 0 Å². The highest BCUT2D eigenvalue weighted by atomic mass is 15.2. The van der Waals surface area contributed by atoms with Crippen molar-refractivity contribution >= 4 is 57.2 Å². The monoisotopic (exact) mass is 642 g/mol. The molecule has 248 valence electrons. The van der Waals surface area contributed by atoms with Gasteiger partial charge in [-0.2, -0.15) is 0 Å². The van der Waals surface area contributed by atoms with Crippen LogP contribution in [-0.2, 0) is 10.8 Å². The van der Waals surface area contributed by atoms with E-state index in [-0.39, 0.29) is 17.5 Å². The third kappa shape index (κ3) is 5.50. The molecule has 49 heavy (non-hydrogen) atoms. The molecular weight excluding hydrogens is 591 g/mol. The molecule has 2 aliphatic heterocycles. The van der Waals surface area contributed by atoms with Crippen molar-refractivity contribution in [1.82, 2.24) is 0 Å². The number of aryl methyl sites for hydroxylation is 2. The van der Waals surface area contributed by atoms with E-state index in [1.54, 1.807) is 0 Å². The molecule has 3 aliphatic rings. The van der Waals surface area contributed by atoms with Crippen LogP contribution in [0, 0.1) is 13.8 Å². The summed E-state index contributed by atoms with van der Waals surface area (Å²) in [5, 5.41) is 0. The molecule has 0 aromatic heterocycles. The number of nitrogens with zero attached hydrogens (tertiary/aromatic N) is 2. The van der Waals surface area contributed by atoms with Gasteiger partial charge in [-0.15, -0.1) is 0 Å². The fraction of sp³-hybridized carbons (Fsp3) is 0.348. The lowest BCUT2D eigenvalue weighted by atomic mass is 9.33. The summed E-state index contributed by atoms with van der Waals surface area (Å²) >= 11 is 0. The maximum Gasteiger partial charge on any atom is 0.252 e. The van der Waals surface area contributed by atoms with E-state index in [1.807, 2.05) is 0 Å². The molecule has 5 aromatic carbocycles. The fourth-order valence-corrected chi connectivity index (χ4v) is 8.68. The van der Waals surface area contributed by atoms with Gasteiger partial charge in [0.1, 0.15) is 0 Å². The van der Waals surface area contributed by atoms with Gasteiger partial charge in [0.15, 0.2) is 0 Å². The Morgan fingerprint density at radius 1 is 0.531 bits per heavy atom. The van der Waals surface area contributed by atoms with E-state index in [9.17, 15) is 0 Å². The zero-order chi connectivity index (χ0) is 34.2. The van der Waals surface area contributed by atoms with Crippen molar-refractivity contribution in [3.05, 3.63) is 125 Å². The maximum absolute atomic E-state index is 2.65. The van der Waals surface area contributed by atoms with Gasteiger partial charge in [0.25, 0.3) is 6.71 Å². The van der Waals surface area contributed by atoms with Crippen LogP contribution in [-0.4, -0.2) is 6.71 Å². The Kier molecular flexibility index (Phi) is 7.63. The zero-order valence-electron chi connectivity index (χ0n) is 30.8. The Morgan fingerprint density at radius 2 is 1.14 bits per heavy atom. The Hall–Kier alpha value is -4.24. The molecule has 1 saturated carbocycles. The number of hydrogen-bond donors (Lipinski definition) is 0. The number of anilines is 6. The number of hydrogen-bond acceptors (Lipinski definition) is 2. The van der Waals surface area contributed by atoms with E-state index < -0.39 is 0 Å². The molecule has 1 aliphatic carbocycles. The summed E-state index contributed by atoms with van der Waals surface area (Å²) in [6, 6.07) is 38.1. The molecule has 0 unspecified atom stereocenters. The van der Waals surface area contributed by atoms with E-state index in [2.05, 4.69) is 162 Å². The van der Waals surface area contributed by atoms with E-state index in [1.165, 1.54) is 110 Å². The van der Waals surface area contributed by atoms with Gasteiger partial charge in [-0.05, 0) is 136 Å². The first-order chi connectivity index (χ1) is 23.4. The predicted octanol–water partition coefficient (Wildman–Crippen LogP) is 11.0. The Bertz CT molecular complexity index is 2040. The van der Waals surface area contributed by atoms with Crippen molar-refractivity contribution < 1.29 is 0 Å². The van der Waals surface area contributed by atoms with Gasteiger partial charge in [-0.25, -0.2) is 0 Å². The molecule has 1 fully saturated rings. The quantitative estimate of drug-likeness (QED) is 0.177. The van der Waals surface area contributed by atoms with E-state index in [0.717, 1.165) is 0 Å². The van der Waals surface area contributed by atoms with Gasteiger partial charge in [-0.1, -0.05) is 109 Å².